The summed E-state index contributed by atoms with van der Waals surface area (Å²) in [6, 6.07) is 13.4. The van der Waals surface area contributed by atoms with Gasteiger partial charge in [-0.3, -0.25) is 13.9 Å². The molecule has 34 heavy (non-hydrogen) atoms. The molecule has 1 atom stereocenters. The molecular weight excluding hydrogens is 457 g/mol. The Bertz CT molecular complexity index is 1070. The monoisotopic (exact) mass is 489 g/mol. The van der Waals surface area contributed by atoms with Crippen LogP contribution >= 0.6 is 0 Å². The van der Waals surface area contributed by atoms with Crippen LogP contribution in [0.3, 0.4) is 0 Å². The molecule has 3 rings (SSSR count). The Kier molecular flexibility index (Phi) is 8.66. The van der Waals surface area contributed by atoms with Gasteiger partial charge in [-0.1, -0.05) is 49.6 Å². The van der Waals surface area contributed by atoms with Crippen molar-refractivity contribution in [3.05, 3.63) is 66.0 Å². The van der Waals surface area contributed by atoms with Crippen LogP contribution in [0, 0.1) is 5.82 Å². The molecular formula is C25H32FN3O4S. The third-order valence-corrected chi connectivity index (χ3v) is 7.25. The number of rotatable bonds is 9. The molecule has 1 fully saturated rings. The first kappa shape index (κ1) is 25.7. The Labute approximate surface area is 201 Å². The van der Waals surface area contributed by atoms with E-state index >= 15 is 0 Å². The molecule has 184 valence electrons. The summed E-state index contributed by atoms with van der Waals surface area (Å²) in [4.78, 5) is 27.9. The topological polar surface area (TPSA) is 86.8 Å². The van der Waals surface area contributed by atoms with Gasteiger partial charge in [-0.2, -0.15) is 0 Å². The van der Waals surface area contributed by atoms with Crippen LogP contribution in [0.5, 0.6) is 0 Å². The quantitative estimate of drug-likeness (QED) is 0.585. The lowest BCUT2D eigenvalue weighted by Crippen LogP contribution is -2.52. The van der Waals surface area contributed by atoms with Crippen LogP contribution in [0.4, 0.5) is 10.1 Å². The second-order valence-corrected chi connectivity index (χ2v) is 10.7. The van der Waals surface area contributed by atoms with Gasteiger partial charge < -0.3 is 10.2 Å². The van der Waals surface area contributed by atoms with Gasteiger partial charge >= 0.3 is 0 Å². The van der Waals surface area contributed by atoms with E-state index in [0.29, 0.717) is 0 Å². The summed E-state index contributed by atoms with van der Waals surface area (Å²) in [6.45, 7) is 1.31. The highest BCUT2D eigenvalue weighted by Gasteiger charge is 2.31. The molecule has 1 aliphatic carbocycles. The summed E-state index contributed by atoms with van der Waals surface area (Å²) in [5, 5.41) is 3.05. The van der Waals surface area contributed by atoms with Crippen LogP contribution in [-0.4, -0.2) is 50.0 Å². The molecule has 2 aromatic rings. The Balaban J connectivity index is 1.83. The molecule has 0 bridgehead atoms. The van der Waals surface area contributed by atoms with Gasteiger partial charge in [0.15, 0.2) is 0 Å². The lowest BCUT2D eigenvalue weighted by atomic mass is 9.95. The van der Waals surface area contributed by atoms with E-state index < -0.39 is 34.3 Å². The van der Waals surface area contributed by atoms with Gasteiger partial charge in [0.05, 0.1) is 11.9 Å². The highest BCUT2D eigenvalue weighted by molar-refractivity contribution is 7.92. The van der Waals surface area contributed by atoms with E-state index in [1.807, 2.05) is 30.3 Å². The Hall–Kier alpha value is -2.94. The molecule has 1 unspecified atom stereocenters. The van der Waals surface area contributed by atoms with Crippen molar-refractivity contribution >= 4 is 27.5 Å². The molecule has 2 aromatic carbocycles. The summed E-state index contributed by atoms with van der Waals surface area (Å²) in [5.74, 6) is -1.30. The zero-order valence-electron chi connectivity index (χ0n) is 19.6. The predicted molar refractivity (Wildman–Crippen MR) is 130 cm³/mol. The van der Waals surface area contributed by atoms with E-state index in [4.69, 9.17) is 0 Å². The Morgan fingerprint density at radius 3 is 2.24 bits per heavy atom. The molecule has 0 aromatic heterocycles. The number of nitrogens with one attached hydrogen (secondary N) is 1. The first-order valence-electron chi connectivity index (χ1n) is 11.5. The van der Waals surface area contributed by atoms with Crippen molar-refractivity contribution in [2.75, 3.05) is 17.1 Å². The molecule has 0 saturated heterocycles. The second-order valence-electron chi connectivity index (χ2n) is 8.77. The van der Waals surface area contributed by atoms with E-state index in [-0.39, 0.29) is 24.2 Å². The van der Waals surface area contributed by atoms with E-state index in [1.54, 1.807) is 6.92 Å². The standard InChI is InChI=1S/C25H32FN3O4S/c1-19(25(31)27-22-11-7-4-8-12-22)28(17-20-9-5-3-6-10-20)24(30)18-29(34(2,32)33)23-15-13-21(26)14-16-23/h3,5-6,9-10,13-16,19,22H,4,7-8,11-12,17-18H2,1-2H3,(H,27,31). The maximum atomic E-state index is 13.4. The second kappa shape index (κ2) is 11.5. The molecule has 1 N–H and O–H groups in total. The molecule has 2 amide bonds. The molecule has 0 aliphatic heterocycles. The molecule has 1 aliphatic rings. The number of carbonyl (C=O) groups is 2. The molecule has 7 nitrogen and oxygen atoms in total. The van der Waals surface area contributed by atoms with Crippen molar-refractivity contribution < 1.29 is 22.4 Å². The van der Waals surface area contributed by atoms with Crippen LogP contribution in [0.1, 0.15) is 44.6 Å². The van der Waals surface area contributed by atoms with Gasteiger partial charge in [-0.05, 0) is 49.6 Å². The number of hydrogen-bond donors (Lipinski definition) is 1. The minimum atomic E-state index is -3.84. The molecule has 0 heterocycles. The van der Waals surface area contributed by atoms with Crippen LogP contribution in [-0.2, 0) is 26.2 Å². The summed E-state index contributed by atoms with van der Waals surface area (Å²) >= 11 is 0. The average Bonchev–Trinajstić information content (AvgIpc) is 2.81. The normalized spacial score (nSPS) is 15.4. The molecule has 0 radical (unpaired) electrons. The SMILES string of the molecule is CC(C(=O)NC1CCCCC1)N(Cc1ccccc1)C(=O)CN(c1ccc(F)cc1)S(C)(=O)=O. The lowest BCUT2D eigenvalue weighted by Gasteiger charge is -2.33. The number of benzene rings is 2. The first-order chi connectivity index (χ1) is 16.1. The van der Waals surface area contributed by atoms with Gasteiger partial charge in [0, 0.05) is 12.6 Å². The van der Waals surface area contributed by atoms with Gasteiger partial charge in [0.1, 0.15) is 18.4 Å². The maximum absolute atomic E-state index is 13.4. The number of hydrogen-bond acceptors (Lipinski definition) is 4. The number of amides is 2. The van der Waals surface area contributed by atoms with E-state index in [9.17, 15) is 22.4 Å². The van der Waals surface area contributed by atoms with Crippen molar-refractivity contribution in [1.82, 2.24) is 10.2 Å². The highest BCUT2D eigenvalue weighted by Crippen LogP contribution is 2.21. The molecule has 0 spiro atoms. The minimum absolute atomic E-state index is 0.0871. The number of nitrogens with zero attached hydrogens (tertiary/aromatic N) is 2. The van der Waals surface area contributed by atoms with Gasteiger partial charge in [0.25, 0.3) is 0 Å². The van der Waals surface area contributed by atoms with Crippen LogP contribution in [0.25, 0.3) is 0 Å². The van der Waals surface area contributed by atoms with Crippen molar-refractivity contribution in [3.63, 3.8) is 0 Å². The van der Waals surface area contributed by atoms with Crippen LogP contribution in [0.15, 0.2) is 54.6 Å². The van der Waals surface area contributed by atoms with Crippen LogP contribution < -0.4 is 9.62 Å². The van der Waals surface area contributed by atoms with E-state index in [1.165, 1.54) is 17.0 Å². The van der Waals surface area contributed by atoms with Gasteiger partial charge in [-0.15, -0.1) is 0 Å². The van der Waals surface area contributed by atoms with Crippen molar-refractivity contribution in [2.45, 2.75) is 57.7 Å². The molecule has 9 heteroatoms. The first-order valence-corrected chi connectivity index (χ1v) is 13.4. The van der Waals surface area contributed by atoms with Gasteiger partial charge in [-0.25, -0.2) is 12.8 Å². The number of halogens is 1. The van der Waals surface area contributed by atoms with E-state index in [0.717, 1.165) is 60.4 Å². The third kappa shape index (κ3) is 7.03. The van der Waals surface area contributed by atoms with Gasteiger partial charge in [0.2, 0.25) is 21.8 Å². The van der Waals surface area contributed by atoms with Crippen molar-refractivity contribution in [3.8, 4) is 0 Å². The van der Waals surface area contributed by atoms with E-state index in [2.05, 4.69) is 5.32 Å². The maximum Gasteiger partial charge on any atom is 0.244 e. The average molecular weight is 490 g/mol. The summed E-state index contributed by atoms with van der Waals surface area (Å²) in [6.07, 6.45) is 6.10. The molecule has 1 saturated carbocycles. The fourth-order valence-electron chi connectivity index (χ4n) is 4.15. The Morgan fingerprint density at radius 2 is 1.65 bits per heavy atom. The van der Waals surface area contributed by atoms with Crippen molar-refractivity contribution in [1.29, 1.82) is 0 Å². The third-order valence-electron chi connectivity index (χ3n) is 6.11. The largest absolute Gasteiger partial charge is 0.352 e. The fraction of sp³-hybridized carbons (Fsp3) is 0.440. The minimum Gasteiger partial charge on any atom is -0.352 e. The lowest BCUT2D eigenvalue weighted by molar-refractivity contribution is -0.139. The summed E-state index contributed by atoms with van der Waals surface area (Å²) in [7, 11) is -3.84. The van der Waals surface area contributed by atoms with Crippen LogP contribution in [0.2, 0.25) is 0 Å². The van der Waals surface area contributed by atoms with Crippen molar-refractivity contribution in [2.24, 2.45) is 0 Å². The zero-order valence-corrected chi connectivity index (χ0v) is 20.4. The summed E-state index contributed by atoms with van der Waals surface area (Å²) in [5.41, 5.74) is 0.997. The predicted octanol–water partition coefficient (Wildman–Crippen LogP) is 3.46. The number of carbonyl (C=O) groups excluding carboxylic acids is 2. The summed E-state index contributed by atoms with van der Waals surface area (Å²) < 4.78 is 39.3. The number of anilines is 1. The smallest absolute Gasteiger partial charge is 0.244 e. The fourth-order valence-corrected chi connectivity index (χ4v) is 5.00. The highest BCUT2D eigenvalue weighted by atomic mass is 32.2. The zero-order chi connectivity index (χ0) is 24.7. The Morgan fingerprint density at radius 1 is 1.03 bits per heavy atom. The number of sulfonamides is 1.